The quantitative estimate of drug-likeness (QED) is 0.0226. The summed E-state index contributed by atoms with van der Waals surface area (Å²) in [5, 5.41) is 23.6. The number of nitrogens with zero attached hydrogens (tertiary/aromatic N) is 16. The van der Waals surface area contributed by atoms with Crippen LogP contribution in [0.1, 0.15) is 72.7 Å². The van der Waals surface area contributed by atoms with Gasteiger partial charge in [0, 0.05) is 140 Å². The maximum atomic E-state index is 11.1. The molecule has 0 radical (unpaired) electrons. The van der Waals surface area contributed by atoms with Gasteiger partial charge in [0.2, 0.25) is 11.6 Å². The molecule has 10 rings (SSSR count). The monoisotopic (exact) mass is 1920 g/mol. The van der Waals surface area contributed by atoms with E-state index in [2.05, 4.69) is 234 Å². The Bertz CT molecular complexity index is 4570. The van der Waals surface area contributed by atoms with Crippen molar-refractivity contribution in [1.82, 2.24) is 58.8 Å². The smallest absolute Gasteiger partial charge is 0.384 e. The van der Waals surface area contributed by atoms with Crippen LogP contribution in [0.4, 0.5) is 67.1 Å². The van der Waals surface area contributed by atoms with Crippen molar-refractivity contribution in [3.63, 3.8) is 0 Å². The fourth-order valence-corrected chi connectivity index (χ4v) is 9.20. The maximum Gasteiger partial charge on any atom is 0.523 e. The Morgan fingerprint density at radius 2 is 0.647 bits per heavy atom. The lowest BCUT2D eigenvalue weighted by Gasteiger charge is -2.21. The second-order valence-corrected chi connectivity index (χ2v) is 31.8. The molecule has 10 heterocycles. The molecule has 0 fully saturated rings. The SMILES string of the molecule is CN(C)c1cc(CBr)ccn1.COS(=O)(=O)C(F)(F)F.COS(=O)(=O)C(F)(F)F.C[N+](C)(C)c1cc(CBr)ccn1.Cc1cc(CBr)ccn1.Cc1ccnc(C)c1.Cc1ccnc(C)c1.Cc1ccnc(N(C)C)c1.Cc1ccnc(N)c1.Cc1ccnc([N+](=O)[O-])c1.Cc1ccnc([N+](C)(C)C)c1.O=[N+]([O-])c1cc(CBr)ccn1. The molecule has 10 aromatic heterocycles. The number of quaternary nitrogens is 2. The third kappa shape index (κ3) is 49.8. The Morgan fingerprint density at radius 1 is 0.379 bits per heavy atom. The van der Waals surface area contributed by atoms with Gasteiger partial charge in [-0.15, -0.1) is 0 Å². The van der Waals surface area contributed by atoms with Gasteiger partial charge in [-0.05, 0) is 235 Å². The first-order valence-corrected chi connectivity index (χ1v) is 41.3. The molecule has 39 heteroatoms. The zero-order valence-corrected chi connectivity index (χ0v) is 76.5. The van der Waals surface area contributed by atoms with E-state index in [-0.39, 0.29) is 11.6 Å². The molecular formula is C77H103Br4F6N17O10S2+2. The van der Waals surface area contributed by atoms with E-state index in [4.69, 9.17) is 5.73 Å². The van der Waals surface area contributed by atoms with E-state index in [1.54, 1.807) is 25.3 Å². The zero-order valence-electron chi connectivity index (χ0n) is 68.6. The van der Waals surface area contributed by atoms with Crippen molar-refractivity contribution in [2.75, 3.05) is 100 Å². The number of aromatic nitrogens is 10. The lowest BCUT2D eigenvalue weighted by Crippen LogP contribution is -2.35. The lowest BCUT2D eigenvalue weighted by atomic mass is 10.3. The summed E-state index contributed by atoms with van der Waals surface area (Å²) in [6.07, 6.45) is 17.4. The summed E-state index contributed by atoms with van der Waals surface area (Å²) >= 11 is 13.4. The van der Waals surface area contributed by atoms with Crippen LogP contribution in [0.2, 0.25) is 0 Å². The van der Waals surface area contributed by atoms with Crippen molar-refractivity contribution in [3.8, 4) is 0 Å². The van der Waals surface area contributed by atoms with Gasteiger partial charge in [-0.1, -0.05) is 63.7 Å². The van der Waals surface area contributed by atoms with Crippen molar-refractivity contribution >= 4 is 125 Å². The largest absolute Gasteiger partial charge is 0.523 e. The molecule has 116 heavy (non-hydrogen) atoms. The summed E-state index contributed by atoms with van der Waals surface area (Å²) in [5.41, 5.74) is 9.72. The van der Waals surface area contributed by atoms with Crippen molar-refractivity contribution in [2.24, 2.45) is 0 Å². The molecule has 2 N–H and O–H groups in total. The number of hydrogen-bond donors (Lipinski definition) is 1. The second-order valence-electron chi connectivity index (χ2n) is 26.1. The topological polar surface area (TPSA) is 334 Å². The number of halogens is 10. The van der Waals surface area contributed by atoms with E-state index in [1.807, 2.05) is 164 Å². The third-order valence-electron chi connectivity index (χ3n) is 13.4. The summed E-state index contributed by atoms with van der Waals surface area (Å²) in [5.74, 6) is 4.59. The van der Waals surface area contributed by atoms with E-state index in [9.17, 15) is 63.4 Å². The zero-order chi connectivity index (χ0) is 89.4. The summed E-state index contributed by atoms with van der Waals surface area (Å²) in [4.78, 5) is 63.3. The Labute approximate surface area is 711 Å². The van der Waals surface area contributed by atoms with Crippen LogP contribution in [0.15, 0.2) is 183 Å². The van der Waals surface area contributed by atoms with Crippen molar-refractivity contribution in [1.29, 1.82) is 0 Å². The number of alkyl halides is 10. The molecule has 0 amide bonds. The maximum absolute atomic E-state index is 11.1. The number of nitrogen functional groups attached to an aromatic ring is 1. The average Bonchev–Trinajstić information content (AvgIpc) is 0.887. The Kier molecular flexibility index (Phi) is 52.2. The van der Waals surface area contributed by atoms with Crippen LogP contribution in [0.25, 0.3) is 0 Å². The molecule has 0 spiro atoms. The van der Waals surface area contributed by atoms with Crippen LogP contribution in [0, 0.1) is 82.5 Å². The fourth-order valence-electron chi connectivity index (χ4n) is 7.42. The highest BCUT2D eigenvalue weighted by molar-refractivity contribution is 9.09. The van der Waals surface area contributed by atoms with E-state index >= 15 is 0 Å². The number of rotatable bonds is 12. The highest BCUT2D eigenvalue weighted by atomic mass is 79.9. The number of aryl methyl sites for hydroxylation is 9. The minimum Gasteiger partial charge on any atom is -0.384 e. The first-order chi connectivity index (χ1) is 53.7. The number of nitro groups is 2. The van der Waals surface area contributed by atoms with Crippen molar-refractivity contribution in [3.05, 3.63) is 276 Å². The van der Waals surface area contributed by atoms with Crippen LogP contribution < -0.4 is 24.5 Å². The fraction of sp³-hybridized carbons (Fsp3) is 0.351. The minimum atomic E-state index is -5.34. The Hall–Kier alpha value is -9.06. The molecule has 10 aromatic rings. The molecule has 0 aromatic carbocycles. The summed E-state index contributed by atoms with van der Waals surface area (Å²) in [6, 6.07) is 38.6. The summed E-state index contributed by atoms with van der Waals surface area (Å²) in [6.45, 7) is 18.0. The van der Waals surface area contributed by atoms with Gasteiger partial charge in [-0.2, -0.15) is 43.2 Å². The predicted octanol–water partition coefficient (Wildman–Crippen LogP) is 18.1. The summed E-state index contributed by atoms with van der Waals surface area (Å²) in [7, 11) is 10.8. The van der Waals surface area contributed by atoms with Crippen LogP contribution in [-0.2, 0) is 49.9 Å². The molecule has 0 bridgehead atoms. The van der Waals surface area contributed by atoms with E-state index in [1.165, 1.54) is 63.5 Å². The predicted molar refractivity (Wildman–Crippen MR) is 465 cm³/mol. The molecule has 0 aliphatic rings. The minimum absolute atomic E-state index is 0.0972. The number of anilines is 3. The summed E-state index contributed by atoms with van der Waals surface area (Å²) < 4.78 is 113. The molecule has 0 saturated carbocycles. The number of hydrogen-bond acceptors (Lipinski definition) is 23. The molecular weight excluding hydrogens is 1820 g/mol. The van der Waals surface area contributed by atoms with Crippen LogP contribution in [0.5, 0.6) is 0 Å². The van der Waals surface area contributed by atoms with Crippen LogP contribution in [0.3, 0.4) is 0 Å². The highest BCUT2D eigenvalue weighted by Gasteiger charge is 2.47. The van der Waals surface area contributed by atoms with Crippen LogP contribution in [-0.4, -0.2) is 172 Å². The molecule has 0 aliphatic heterocycles. The van der Waals surface area contributed by atoms with E-state index < -0.39 is 41.1 Å². The van der Waals surface area contributed by atoms with Gasteiger partial charge in [-0.25, -0.2) is 24.9 Å². The molecule has 0 aliphatic carbocycles. The first kappa shape index (κ1) is 109. The molecule has 0 atom stereocenters. The van der Waals surface area contributed by atoms with E-state index in [0.29, 0.717) is 25.4 Å². The Balaban J connectivity index is 0. The van der Waals surface area contributed by atoms with Gasteiger partial charge >= 0.3 is 42.9 Å². The molecule has 0 saturated heterocycles. The van der Waals surface area contributed by atoms with E-state index in [0.717, 1.165) is 82.0 Å². The van der Waals surface area contributed by atoms with Gasteiger partial charge in [0.25, 0.3) is 0 Å². The standard InChI is InChI=1S/C9H14BrN2.C9H15N2.C8H11BrN2.C8H12N2.C7H8BrN.2C7H9N.C6H5BrN2O2.C6H6N2O2.C6H8N2.2C2H3F3O3S/c1-12(2,3)9-6-8(7-10)4-5-11-9;1-8-5-6-10-9(7-8)11(2,3)4;1-11(2)8-5-7(6-9)3-4-10-8;1-7-4-5-9-8(6-7)10(2)3;1-6-4-7(5-8)2-3-9-6;2*1-6-3-4-8-7(2)5-6;7-4-5-1-2-8-6(3-5)9(10)11;1-5-2-3-7-6(4-5)8(9)10;1-5-2-3-8-6(7)4-5;2*1-8-9(6,7)2(3,4)5/h4-6H,7H2,1-3H3;5-7H,1-4H3;3-5H,6H2,1-2H3;4-6H,1-3H3;2-4H,5H2,1H3;2*3-5H,1-2H3;1-3H,4H2;2-4H,1H3;2-4H,1H3,(H2,7,8);2*1H3/q2*+1;;;;;;;;;;. The lowest BCUT2D eigenvalue weighted by molar-refractivity contribution is -0.389. The molecule has 636 valence electrons. The molecule has 0 unspecified atom stereocenters. The highest BCUT2D eigenvalue weighted by Crippen LogP contribution is 2.25. The third-order valence-corrected chi connectivity index (χ3v) is 18.0. The van der Waals surface area contributed by atoms with Gasteiger partial charge < -0.3 is 35.8 Å². The number of pyridine rings is 10. The van der Waals surface area contributed by atoms with Gasteiger partial charge in [0.05, 0.1) is 56.5 Å². The Morgan fingerprint density at radius 3 is 0.897 bits per heavy atom. The van der Waals surface area contributed by atoms with Gasteiger partial charge in [0.1, 0.15) is 29.8 Å². The number of nitrogens with two attached hydrogens (primary N) is 1. The van der Waals surface area contributed by atoms with Crippen molar-refractivity contribution < 1.29 is 61.4 Å². The first-order valence-electron chi connectivity index (χ1n) is 34.0. The van der Waals surface area contributed by atoms with Gasteiger partial charge in [-0.3, -0.25) is 32.3 Å². The molecule has 27 nitrogen and oxygen atoms in total. The average molecular weight is 1920 g/mol. The van der Waals surface area contributed by atoms with Crippen LogP contribution >= 0.6 is 63.7 Å². The second kappa shape index (κ2) is 55.5. The van der Waals surface area contributed by atoms with Gasteiger partial charge in [0.15, 0.2) is 0 Å². The van der Waals surface area contributed by atoms with Crippen molar-refractivity contribution in [2.45, 2.75) is 94.7 Å². The normalized spacial score (nSPS) is 10.5.